The molecule has 2 heteroatoms. The maximum atomic E-state index is 3.71. The van der Waals surface area contributed by atoms with Gasteiger partial charge in [-0.2, -0.15) is 0 Å². The lowest BCUT2D eigenvalue weighted by atomic mass is 9.95. The fourth-order valence-corrected chi connectivity index (χ4v) is 4.56. The molecular formula is C18H34N2. The van der Waals surface area contributed by atoms with Gasteiger partial charge in [-0.1, -0.05) is 32.6 Å². The summed E-state index contributed by atoms with van der Waals surface area (Å²) >= 11 is 0. The molecule has 3 atom stereocenters. The summed E-state index contributed by atoms with van der Waals surface area (Å²) in [6, 6.07) is 2.65. The van der Waals surface area contributed by atoms with E-state index in [4.69, 9.17) is 0 Å². The Morgan fingerprint density at radius 2 is 1.70 bits per heavy atom. The zero-order chi connectivity index (χ0) is 13.8. The van der Waals surface area contributed by atoms with Gasteiger partial charge in [0.1, 0.15) is 0 Å². The Balaban J connectivity index is 1.53. The molecule has 0 aromatic carbocycles. The maximum Gasteiger partial charge on any atom is 0.0195 e. The third kappa shape index (κ3) is 3.98. The van der Waals surface area contributed by atoms with Crippen LogP contribution in [-0.2, 0) is 0 Å². The van der Waals surface area contributed by atoms with Crippen LogP contribution in [0.2, 0.25) is 0 Å². The summed E-state index contributed by atoms with van der Waals surface area (Å²) in [5.74, 6) is 1.04. The van der Waals surface area contributed by atoms with Crippen LogP contribution in [0.15, 0.2) is 0 Å². The minimum Gasteiger partial charge on any atom is -0.313 e. The van der Waals surface area contributed by atoms with Crippen LogP contribution in [-0.4, -0.2) is 36.1 Å². The SMILES string of the molecule is CCCC1CCCC(N(CC2CCCN2)C2CC2)CC1. The van der Waals surface area contributed by atoms with Gasteiger partial charge >= 0.3 is 0 Å². The van der Waals surface area contributed by atoms with Crippen LogP contribution in [0.3, 0.4) is 0 Å². The second-order valence-electron chi connectivity index (χ2n) is 7.54. The molecule has 0 bridgehead atoms. The van der Waals surface area contributed by atoms with Crippen molar-refractivity contribution >= 4 is 0 Å². The van der Waals surface area contributed by atoms with Gasteiger partial charge in [0.05, 0.1) is 0 Å². The summed E-state index contributed by atoms with van der Waals surface area (Å²) < 4.78 is 0. The van der Waals surface area contributed by atoms with Crippen molar-refractivity contribution in [3.05, 3.63) is 0 Å². The van der Waals surface area contributed by atoms with E-state index in [9.17, 15) is 0 Å². The first-order valence-electron chi connectivity index (χ1n) is 9.36. The Labute approximate surface area is 125 Å². The average Bonchev–Trinajstić information content (AvgIpc) is 3.21. The quantitative estimate of drug-likeness (QED) is 0.740. The molecule has 1 aliphatic heterocycles. The van der Waals surface area contributed by atoms with Crippen molar-refractivity contribution in [3.63, 3.8) is 0 Å². The molecule has 0 amide bonds. The molecule has 20 heavy (non-hydrogen) atoms. The molecule has 2 saturated carbocycles. The van der Waals surface area contributed by atoms with E-state index in [0.717, 1.165) is 24.0 Å². The number of hydrogen-bond acceptors (Lipinski definition) is 2. The van der Waals surface area contributed by atoms with Gasteiger partial charge in [0.15, 0.2) is 0 Å². The molecule has 0 radical (unpaired) electrons. The summed E-state index contributed by atoms with van der Waals surface area (Å²) in [7, 11) is 0. The van der Waals surface area contributed by atoms with E-state index in [1.165, 1.54) is 83.7 Å². The van der Waals surface area contributed by atoms with Crippen LogP contribution in [0.5, 0.6) is 0 Å². The van der Waals surface area contributed by atoms with Gasteiger partial charge in [0, 0.05) is 24.7 Å². The van der Waals surface area contributed by atoms with Crippen molar-refractivity contribution in [1.29, 1.82) is 0 Å². The molecule has 2 nitrogen and oxygen atoms in total. The molecule has 0 aromatic rings. The molecule has 116 valence electrons. The Kier molecular flexibility index (Phi) is 5.39. The maximum absolute atomic E-state index is 3.71. The minimum atomic E-state index is 0.797. The van der Waals surface area contributed by atoms with E-state index in [1.807, 2.05) is 0 Å². The molecule has 1 saturated heterocycles. The van der Waals surface area contributed by atoms with Crippen molar-refractivity contribution < 1.29 is 0 Å². The standard InChI is InChI=1S/C18H34N2/c1-2-5-15-6-3-8-17(10-9-15)20(18-11-12-18)14-16-7-4-13-19-16/h15-19H,2-14H2,1H3. The fourth-order valence-electron chi connectivity index (χ4n) is 4.56. The van der Waals surface area contributed by atoms with E-state index in [1.54, 1.807) is 0 Å². The van der Waals surface area contributed by atoms with Crippen LogP contribution in [0.25, 0.3) is 0 Å². The van der Waals surface area contributed by atoms with Gasteiger partial charge in [0.2, 0.25) is 0 Å². The average molecular weight is 278 g/mol. The Bertz CT molecular complexity index is 281. The Hall–Kier alpha value is -0.0800. The predicted molar refractivity (Wildman–Crippen MR) is 86.0 cm³/mol. The summed E-state index contributed by atoms with van der Waals surface area (Å²) in [5.41, 5.74) is 0. The van der Waals surface area contributed by atoms with Crippen LogP contribution < -0.4 is 5.32 Å². The zero-order valence-corrected chi connectivity index (χ0v) is 13.4. The van der Waals surface area contributed by atoms with Gasteiger partial charge in [-0.05, 0) is 57.4 Å². The third-order valence-electron chi connectivity index (χ3n) is 5.83. The first-order valence-corrected chi connectivity index (χ1v) is 9.36. The second-order valence-corrected chi connectivity index (χ2v) is 7.54. The minimum absolute atomic E-state index is 0.797. The van der Waals surface area contributed by atoms with Crippen LogP contribution in [0.1, 0.15) is 77.6 Å². The van der Waals surface area contributed by atoms with E-state index >= 15 is 0 Å². The lowest BCUT2D eigenvalue weighted by Gasteiger charge is -2.33. The first kappa shape index (κ1) is 14.8. The third-order valence-corrected chi connectivity index (χ3v) is 5.83. The number of nitrogens with zero attached hydrogens (tertiary/aromatic N) is 1. The smallest absolute Gasteiger partial charge is 0.0195 e. The molecule has 0 aromatic heterocycles. The highest BCUT2D eigenvalue weighted by atomic mass is 15.2. The molecule has 3 unspecified atom stereocenters. The zero-order valence-electron chi connectivity index (χ0n) is 13.4. The van der Waals surface area contributed by atoms with Crippen molar-refractivity contribution in [2.45, 2.75) is 95.7 Å². The van der Waals surface area contributed by atoms with Gasteiger partial charge in [-0.3, -0.25) is 4.90 Å². The van der Waals surface area contributed by atoms with Gasteiger partial charge < -0.3 is 5.32 Å². The van der Waals surface area contributed by atoms with Crippen LogP contribution in [0.4, 0.5) is 0 Å². The summed E-state index contributed by atoms with van der Waals surface area (Å²) in [5, 5.41) is 3.71. The highest BCUT2D eigenvalue weighted by Gasteiger charge is 2.36. The molecule has 1 heterocycles. The van der Waals surface area contributed by atoms with Crippen molar-refractivity contribution in [3.8, 4) is 0 Å². The summed E-state index contributed by atoms with van der Waals surface area (Å²) in [4.78, 5) is 2.93. The highest BCUT2D eigenvalue weighted by Crippen LogP contribution is 2.35. The topological polar surface area (TPSA) is 15.3 Å². The molecule has 1 N–H and O–H groups in total. The van der Waals surface area contributed by atoms with E-state index < -0.39 is 0 Å². The molecule has 3 rings (SSSR count). The van der Waals surface area contributed by atoms with E-state index in [-0.39, 0.29) is 0 Å². The number of nitrogens with one attached hydrogen (secondary N) is 1. The molecule has 3 fully saturated rings. The fraction of sp³-hybridized carbons (Fsp3) is 1.00. The molecular weight excluding hydrogens is 244 g/mol. The molecule has 2 aliphatic carbocycles. The lowest BCUT2D eigenvalue weighted by molar-refractivity contribution is 0.153. The number of rotatable bonds is 6. The monoisotopic (exact) mass is 278 g/mol. The molecule has 3 aliphatic rings. The first-order chi connectivity index (χ1) is 9.86. The van der Waals surface area contributed by atoms with E-state index in [0.29, 0.717) is 0 Å². The van der Waals surface area contributed by atoms with Crippen molar-refractivity contribution in [2.75, 3.05) is 13.1 Å². The normalized spacial score (nSPS) is 35.4. The van der Waals surface area contributed by atoms with Crippen LogP contribution in [0, 0.1) is 5.92 Å². The largest absolute Gasteiger partial charge is 0.313 e. The second kappa shape index (κ2) is 7.26. The summed E-state index contributed by atoms with van der Waals surface area (Å²) in [6.07, 6.45) is 16.1. The summed E-state index contributed by atoms with van der Waals surface area (Å²) in [6.45, 7) is 4.95. The lowest BCUT2D eigenvalue weighted by Crippen LogP contribution is -2.44. The predicted octanol–water partition coefficient (Wildman–Crippen LogP) is 3.95. The Morgan fingerprint density at radius 3 is 2.40 bits per heavy atom. The van der Waals surface area contributed by atoms with Gasteiger partial charge in [0.25, 0.3) is 0 Å². The number of hydrogen-bond donors (Lipinski definition) is 1. The van der Waals surface area contributed by atoms with Gasteiger partial charge in [-0.15, -0.1) is 0 Å². The van der Waals surface area contributed by atoms with Crippen LogP contribution >= 0.6 is 0 Å². The van der Waals surface area contributed by atoms with E-state index in [2.05, 4.69) is 17.1 Å². The van der Waals surface area contributed by atoms with Crippen molar-refractivity contribution in [1.82, 2.24) is 10.2 Å². The molecule has 0 spiro atoms. The van der Waals surface area contributed by atoms with Gasteiger partial charge in [-0.25, -0.2) is 0 Å². The Morgan fingerprint density at radius 1 is 0.900 bits per heavy atom. The highest BCUT2D eigenvalue weighted by molar-refractivity contribution is 4.93. The van der Waals surface area contributed by atoms with Crippen molar-refractivity contribution in [2.24, 2.45) is 5.92 Å².